The van der Waals surface area contributed by atoms with Crippen LogP contribution >= 0.6 is 0 Å². The number of hydrogen-bond acceptors (Lipinski definition) is 2. The predicted molar refractivity (Wildman–Crippen MR) is 90.6 cm³/mol. The molecule has 3 aliphatic rings. The number of fused-ring (bicyclic) bond motifs is 1. The summed E-state index contributed by atoms with van der Waals surface area (Å²) in [6, 6.07) is 0. The van der Waals surface area contributed by atoms with Crippen molar-refractivity contribution < 1.29 is 9.84 Å². The third-order valence-corrected chi connectivity index (χ3v) is 7.30. The van der Waals surface area contributed by atoms with Crippen LogP contribution < -0.4 is 0 Å². The summed E-state index contributed by atoms with van der Waals surface area (Å²) < 4.78 is 6.01. The quantitative estimate of drug-likeness (QED) is 0.609. The summed E-state index contributed by atoms with van der Waals surface area (Å²) in [5, 5.41) is 10.4. The van der Waals surface area contributed by atoms with Gasteiger partial charge in [0.05, 0.1) is 17.8 Å². The summed E-state index contributed by atoms with van der Waals surface area (Å²) in [5.74, 6) is 3.00. The predicted octanol–water partition coefficient (Wildman–Crippen LogP) is 4.57. The summed E-state index contributed by atoms with van der Waals surface area (Å²) in [6.45, 7) is 14.0. The molecular formula is C20H34O2. The van der Waals surface area contributed by atoms with Gasteiger partial charge in [-0.3, -0.25) is 0 Å². The van der Waals surface area contributed by atoms with Crippen LogP contribution in [0.3, 0.4) is 0 Å². The number of ether oxygens (including phenoxy) is 1. The molecular weight excluding hydrogens is 272 g/mol. The highest BCUT2D eigenvalue weighted by atomic mass is 16.6. The van der Waals surface area contributed by atoms with Gasteiger partial charge in [0.15, 0.2) is 0 Å². The van der Waals surface area contributed by atoms with Gasteiger partial charge in [-0.1, -0.05) is 26.8 Å². The van der Waals surface area contributed by atoms with E-state index < -0.39 is 5.60 Å². The van der Waals surface area contributed by atoms with Gasteiger partial charge in [-0.25, -0.2) is 0 Å². The Morgan fingerprint density at radius 2 is 2.00 bits per heavy atom. The highest BCUT2D eigenvalue weighted by Gasteiger charge is 2.61. The van der Waals surface area contributed by atoms with Crippen LogP contribution in [0.15, 0.2) is 12.7 Å². The van der Waals surface area contributed by atoms with Crippen molar-refractivity contribution in [2.24, 2.45) is 29.1 Å². The van der Waals surface area contributed by atoms with Crippen LogP contribution in [-0.2, 0) is 4.74 Å². The van der Waals surface area contributed by atoms with E-state index in [0.717, 1.165) is 37.2 Å². The Kier molecular flexibility index (Phi) is 4.01. The van der Waals surface area contributed by atoms with Crippen molar-refractivity contribution in [3.63, 3.8) is 0 Å². The lowest BCUT2D eigenvalue weighted by Gasteiger charge is -2.55. The van der Waals surface area contributed by atoms with E-state index in [4.69, 9.17) is 4.74 Å². The minimum atomic E-state index is -0.740. The van der Waals surface area contributed by atoms with Crippen molar-refractivity contribution in [2.45, 2.75) is 77.4 Å². The van der Waals surface area contributed by atoms with E-state index in [1.807, 2.05) is 6.92 Å². The lowest BCUT2D eigenvalue weighted by Crippen LogP contribution is -2.51. The second-order valence-electron chi connectivity index (χ2n) is 9.29. The van der Waals surface area contributed by atoms with Gasteiger partial charge >= 0.3 is 0 Å². The first-order valence-electron chi connectivity index (χ1n) is 9.21. The molecule has 0 aromatic carbocycles. The van der Waals surface area contributed by atoms with Gasteiger partial charge < -0.3 is 9.84 Å². The third kappa shape index (κ3) is 2.78. The Labute approximate surface area is 136 Å². The molecule has 0 aromatic heterocycles. The largest absolute Gasteiger partial charge is 0.386 e. The number of epoxide rings is 1. The molecule has 22 heavy (non-hydrogen) atoms. The Morgan fingerprint density at radius 3 is 2.59 bits per heavy atom. The second kappa shape index (κ2) is 5.34. The summed E-state index contributed by atoms with van der Waals surface area (Å²) in [6.07, 6.45) is 8.84. The summed E-state index contributed by atoms with van der Waals surface area (Å²) in [7, 11) is 0. The molecule has 1 aliphatic heterocycles. The van der Waals surface area contributed by atoms with E-state index in [1.165, 1.54) is 25.7 Å². The summed E-state index contributed by atoms with van der Waals surface area (Å²) in [4.78, 5) is 0. The molecule has 0 bridgehead atoms. The molecule has 126 valence electrons. The number of aliphatic hydroxyl groups is 1. The van der Waals surface area contributed by atoms with E-state index in [0.29, 0.717) is 11.3 Å². The lowest BCUT2D eigenvalue weighted by molar-refractivity contribution is -0.0719. The van der Waals surface area contributed by atoms with Crippen molar-refractivity contribution in [2.75, 3.05) is 6.61 Å². The fourth-order valence-electron chi connectivity index (χ4n) is 5.55. The molecule has 2 heteroatoms. The minimum absolute atomic E-state index is 0.153. The van der Waals surface area contributed by atoms with E-state index in [1.54, 1.807) is 6.08 Å². The van der Waals surface area contributed by atoms with Gasteiger partial charge in [0.2, 0.25) is 0 Å². The topological polar surface area (TPSA) is 32.8 Å². The highest BCUT2D eigenvalue weighted by molar-refractivity contribution is 5.10. The Hall–Kier alpha value is -0.340. The SMILES string of the molecule is C=CC(C)(O)CCC1C2C(CCC13CO3)C(C)(C)CC[C@@H]2C. The van der Waals surface area contributed by atoms with Crippen LogP contribution in [0.5, 0.6) is 0 Å². The van der Waals surface area contributed by atoms with E-state index >= 15 is 0 Å². The van der Waals surface area contributed by atoms with Crippen molar-refractivity contribution in [3.05, 3.63) is 12.7 Å². The van der Waals surface area contributed by atoms with Gasteiger partial charge in [0, 0.05) is 0 Å². The van der Waals surface area contributed by atoms with Crippen LogP contribution in [0.1, 0.15) is 66.2 Å². The first-order chi connectivity index (χ1) is 10.2. The van der Waals surface area contributed by atoms with Gasteiger partial charge in [-0.2, -0.15) is 0 Å². The standard InChI is InChI=1S/C20H34O2/c1-6-19(5,21)11-8-16-17-14(2)7-10-18(3,4)15(17)9-12-20(16)13-22-20/h6,14-17,21H,1,7-13H2,2-5H3/t14-,15?,16?,17?,19?,20?/m0/s1. The third-order valence-electron chi connectivity index (χ3n) is 7.30. The Bertz CT molecular complexity index is 433. The maximum absolute atomic E-state index is 10.4. The van der Waals surface area contributed by atoms with Crippen molar-refractivity contribution in [3.8, 4) is 0 Å². The molecule has 0 amide bonds. The fourth-order valence-corrected chi connectivity index (χ4v) is 5.55. The number of hydrogen-bond donors (Lipinski definition) is 1. The summed E-state index contributed by atoms with van der Waals surface area (Å²) in [5.41, 5.74) is -0.122. The zero-order chi connectivity index (χ0) is 16.2. The summed E-state index contributed by atoms with van der Waals surface area (Å²) >= 11 is 0. The molecule has 1 heterocycles. The zero-order valence-electron chi connectivity index (χ0n) is 14.9. The molecule has 2 nitrogen and oxygen atoms in total. The van der Waals surface area contributed by atoms with Crippen molar-refractivity contribution >= 4 is 0 Å². The molecule has 1 spiro atoms. The second-order valence-corrected chi connectivity index (χ2v) is 9.29. The maximum Gasteiger partial charge on any atom is 0.0947 e. The van der Waals surface area contributed by atoms with Gasteiger partial charge in [0.25, 0.3) is 0 Å². The van der Waals surface area contributed by atoms with Crippen LogP contribution in [0.4, 0.5) is 0 Å². The molecule has 3 rings (SSSR count). The van der Waals surface area contributed by atoms with Gasteiger partial charge in [-0.15, -0.1) is 6.58 Å². The lowest BCUT2D eigenvalue weighted by atomic mass is 9.50. The van der Waals surface area contributed by atoms with E-state index in [9.17, 15) is 5.11 Å². The maximum atomic E-state index is 10.4. The van der Waals surface area contributed by atoms with Gasteiger partial charge in [-0.05, 0) is 74.5 Å². The monoisotopic (exact) mass is 306 g/mol. The fraction of sp³-hybridized carbons (Fsp3) is 0.900. The zero-order valence-corrected chi connectivity index (χ0v) is 14.9. The highest BCUT2D eigenvalue weighted by Crippen LogP contribution is 2.61. The average molecular weight is 306 g/mol. The molecule has 0 aromatic rings. The van der Waals surface area contributed by atoms with E-state index in [-0.39, 0.29) is 5.60 Å². The normalized spacial score (nSPS) is 45.9. The first kappa shape index (κ1) is 16.5. The number of rotatable bonds is 4. The van der Waals surface area contributed by atoms with Crippen LogP contribution in [-0.4, -0.2) is 22.9 Å². The van der Waals surface area contributed by atoms with Crippen LogP contribution in [0, 0.1) is 29.1 Å². The van der Waals surface area contributed by atoms with Crippen molar-refractivity contribution in [1.82, 2.24) is 0 Å². The molecule has 5 unspecified atom stereocenters. The van der Waals surface area contributed by atoms with Crippen molar-refractivity contribution in [1.29, 1.82) is 0 Å². The van der Waals surface area contributed by atoms with Crippen LogP contribution in [0.2, 0.25) is 0 Å². The molecule has 1 saturated heterocycles. The molecule has 3 fully saturated rings. The average Bonchev–Trinajstić information content (AvgIpc) is 3.22. The van der Waals surface area contributed by atoms with Crippen LogP contribution in [0.25, 0.3) is 0 Å². The molecule has 2 saturated carbocycles. The van der Waals surface area contributed by atoms with Gasteiger partial charge in [0.1, 0.15) is 0 Å². The molecule has 2 aliphatic carbocycles. The molecule has 1 N–H and O–H groups in total. The Morgan fingerprint density at radius 1 is 1.32 bits per heavy atom. The smallest absolute Gasteiger partial charge is 0.0947 e. The van der Waals surface area contributed by atoms with E-state index in [2.05, 4.69) is 27.4 Å². The Balaban J connectivity index is 1.82. The molecule has 0 radical (unpaired) electrons. The minimum Gasteiger partial charge on any atom is -0.386 e. The first-order valence-corrected chi connectivity index (χ1v) is 9.21. The molecule has 6 atom stereocenters.